The number of hydrogen-bond acceptors (Lipinski definition) is 4. The van der Waals surface area contributed by atoms with Crippen LogP contribution in [0.5, 0.6) is 5.75 Å². The molecule has 0 aliphatic rings. The molecular formula is C13H10F3NO2S. The Kier molecular flexibility index (Phi) is 3.80. The van der Waals surface area contributed by atoms with Crippen molar-refractivity contribution in [2.75, 3.05) is 7.11 Å². The molecule has 0 aliphatic heterocycles. The van der Waals surface area contributed by atoms with E-state index in [9.17, 15) is 18.0 Å². The van der Waals surface area contributed by atoms with Crippen LogP contribution in [-0.2, 0) is 6.18 Å². The van der Waals surface area contributed by atoms with Crippen LogP contribution >= 0.6 is 11.3 Å². The number of hydrogen-bond donors (Lipinski definition) is 0. The number of carbonyl (C=O) groups is 1. The molecule has 0 bridgehead atoms. The number of thiazole rings is 1. The van der Waals surface area contributed by atoms with Crippen LogP contribution in [0.25, 0.3) is 0 Å². The van der Waals surface area contributed by atoms with Gasteiger partial charge in [0.25, 0.3) is 0 Å². The van der Waals surface area contributed by atoms with Crippen LogP contribution in [0, 0.1) is 6.92 Å². The van der Waals surface area contributed by atoms with Crippen molar-refractivity contribution in [2.24, 2.45) is 0 Å². The molecular weight excluding hydrogens is 291 g/mol. The SMILES string of the molecule is COc1cc(C)ccc1C(=O)c1cnc(C(F)(F)F)s1. The van der Waals surface area contributed by atoms with Crippen molar-refractivity contribution in [3.05, 3.63) is 45.4 Å². The van der Waals surface area contributed by atoms with Gasteiger partial charge in [-0.25, -0.2) is 4.98 Å². The van der Waals surface area contributed by atoms with Gasteiger partial charge >= 0.3 is 6.18 Å². The molecule has 0 saturated carbocycles. The van der Waals surface area contributed by atoms with Gasteiger partial charge < -0.3 is 4.74 Å². The Labute approximate surface area is 117 Å². The smallest absolute Gasteiger partial charge is 0.443 e. The highest BCUT2D eigenvalue weighted by Gasteiger charge is 2.35. The van der Waals surface area contributed by atoms with Gasteiger partial charge in [0.1, 0.15) is 5.75 Å². The van der Waals surface area contributed by atoms with Crippen molar-refractivity contribution >= 4 is 17.1 Å². The second-order valence-corrected chi connectivity index (χ2v) is 5.09. The topological polar surface area (TPSA) is 39.2 Å². The number of methoxy groups -OCH3 is 1. The van der Waals surface area contributed by atoms with E-state index in [1.165, 1.54) is 13.2 Å². The van der Waals surface area contributed by atoms with Gasteiger partial charge in [-0.15, -0.1) is 11.3 Å². The lowest BCUT2D eigenvalue weighted by Gasteiger charge is -2.07. The van der Waals surface area contributed by atoms with Gasteiger partial charge in [-0.05, 0) is 24.6 Å². The molecule has 0 unspecified atom stereocenters. The zero-order valence-corrected chi connectivity index (χ0v) is 11.4. The van der Waals surface area contributed by atoms with E-state index in [1.54, 1.807) is 12.1 Å². The second kappa shape index (κ2) is 5.24. The van der Waals surface area contributed by atoms with Gasteiger partial charge in [0.2, 0.25) is 5.78 Å². The highest BCUT2D eigenvalue weighted by Crippen LogP contribution is 2.34. The summed E-state index contributed by atoms with van der Waals surface area (Å²) in [5.74, 6) is -0.202. The van der Waals surface area contributed by atoms with Crippen LogP contribution in [0.4, 0.5) is 13.2 Å². The average Bonchev–Trinajstić information content (AvgIpc) is 2.87. The fraction of sp³-hybridized carbons (Fsp3) is 0.231. The van der Waals surface area contributed by atoms with Crippen molar-refractivity contribution in [3.63, 3.8) is 0 Å². The number of aromatic nitrogens is 1. The first-order valence-corrected chi connectivity index (χ1v) is 6.37. The van der Waals surface area contributed by atoms with E-state index in [2.05, 4.69) is 4.98 Å². The molecule has 2 rings (SSSR count). The van der Waals surface area contributed by atoms with Crippen molar-refractivity contribution in [1.82, 2.24) is 4.98 Å². The van der Waals surface area contributed by atoms with Crippen LogP contribution in [0.2, 0.25) is 0 Å². The zero-order chi connectivity index (χ0) is 14.9. The van der Waals surface area contributed by atoms with Gasteiger partial charge in [0, 0.05) is 6.20 Å². The molecule has 1 aromatic heterocycles. The molecule has 0 amide bonds. The van der Waals surface area contributed by atoms with Crippen molar-refractivity contribution in [3.8, 4) is 5.75 Å². The number of nitrogens with zero attached hydrogens (tertiary/aromatic N) is 1. The Balaban J connectivity index is 2.39. The van der Waals surface area contributed by atoms with Crippen LogP contribution in [0.15, 0.2) is 24.4 Å². The van der Waals surface area contributed by atoms with Crippen molar-refractivity contribution in [1.29, 1.82) is 0 Å². The van der Waals surface area contributed by atoms with Gasteiger partial charge in [-0.3, -0.25) is 4.79 Å². The van der Waals surface area contributed by atoms with E-state index >= 15 is 0 Å². The Hall–Kier alpha value is -1.89. The number of halogens is 3. The summed E-state index contributed by atoms with van der Waals surface area (Å²) in [6, 6.07) is 4.88. The van der Waals surface area contributed by atoms with Crippen LogP contribution in [0.3, 0.4) is 0 Å². The third kappa shape index (κ3) is 2.82. The monoisotopic (exact) mass is 301 g/mol. The van der Waals surface area contributed by atoms with E-state index in [0.29, 0.717) is 17.1 Å². The van der Waals surface area contributed by atoms with E-state index in [1.807, 2.05) is 6.92 Å². The molecule has 2 aromatic rings. The number of ketones is 1. The maximum Gasteiger partial charge on any atom is 0.443 e. The van der Waals surface area contributed by atoms with E-state index in [0.717, 1.165) is 11.8 Å². The minimum absolute atomic E-state index is 0.0699. The molecule has 0 saturated heterocycles. The molecule has 0 radical (unpaired) electrons. The molecule has 0 atom stereocenters. The fourth-order valence-corrected chi connectivity index (χ4v) is 2.37. The summed E-state index contributed by atoms with van der Waals surface area (Å²) < 4.78 is 42.5. The highest BCUT2D eigenvalue weighted by atomic mass is 32.1. The predicted molar refractivity (Wildman–Crippen MR) is 68.3 cm³/mol. The van der Waals surface area contributed by atoms with Crippen LogP contribution in [-0.4, -0.2) is 17.9 Å². The summed E-state index contributed by atoms with van der Waals surface area (Å²) in [5.41, 5.74) is 1.11. The third-order valence-electron chi connectivity index (χ3n) is 2.57. The summed E-state index contributed by atoms with van der Waals surface area (Å²) in [4.78, 5) is 15.4. The average molecular weight is 301 g/mol. The normalized spacial score (nSPS) is 11.4. The Morgan fingerprint density at radius 1 is 1.35 bits per heavy atom. The highest BCUT2D eigenvalue weighted by molar-refractivity contribution is 7.14. The summed E-state index contributed by atoms with van der Waals surface area (Å²) in [5, 5.41) is -1.04. The Morgan fingerprint density at radius 3 is 2.60 bits per heavy atom. The minimum atomic E-state index is -4.54. The summed E-state index contributed by atoms with van der Waals surface area (Å²) in [6.45, 7) is 1.82. The van der Waals surface area contributed by atoms with Crippen LogP contribution < -0.4 is 4.74 Å². The lowest BCUT2D eigenvalue weighted by molar-refractivity contribution is -0.137. The summed E-state index contributed by atoms with van der Waals surface area (Å²) in [7, 11) is 1.40. The van der Waals surface area contributed by atoms with E-state index < -0.39 is 17.0 Å². The maximum atomic E-state index is 12.5. The van der Waals surface area contributed by atoms with Crippen LogP contribution in [0.1, 0.15) is 25.8 Å². The van der Waals surface area contributed by atoms with Gasteiger partial charge in [-0.1, -0.05) is 6.07 Å². The molecule has 0 aliphatic carbocycles. The first-order chi connectivity index (χ1) is 9.32. The Bertz CT molecular complexity index is 649. The molecule has 3 nitrogen and oxygen atoms in total. The quantitative estimate of drug-likeness (QED) is 0.811. The van der Waals surface area contributed by atoms with E-state index in [4.69, 9.17) is 4.74 Å². The van der Waals surface area contributed by atoms with Gasteiger partial charge in [-0.2, -0.15) is 13.2 Å². The largest absolute Gasteiger partial charge is 0.496 e. The molecule has 0 N–H and O–H groups in total. The number of aryl methyl sites for hydroxylation is 1. The molecule has 106 valence electrons. The molecule has 0 fully saturated rings. The Morgan fingerprint density at radius 2 is 2.05 bits per heavy atom. The fourth-order valence-electron chi connectivity index (χ4n) is 1.63. The zero-order valence-electron chi connectivity index (χ0n) is 10.6. The lowest BCUT2D eigenvalue weighted by atomic mass is 10.1. The molecule has 1 aromatic carbocycles. The van der Waals surface area contributed by atoms with Gasteiger partial charge in [0.05, 0.1) is 17.6 Å². The van der Waals surface area contributed by atoms with Crippen molar-refractivity contribution < 1.29 is 22.7 Å². The molecule has 1 heterocycles. The third-order valence-corrected chi connectivity index (χ3v) is 3.61. The molecule has 7 heteroatoms. The first-order valence-electron chi connectivity index (χ1n) is 5.55. The van der Waals surface area contributed by atoms with Gasteiger partial charge in [0.15, 0.2) is 5.01 Å². The van der Waals surface area contributed by atoms with E-state index in [-0.39, 0.29) is 10.4 Å². The first kappa shape index (κ1) is 14.5. The predicted octanol–water partition coefficient (Wildman–Crippen LogP) is 3.71. The summed E-state index contributed by atoms with van der Waals surface area (Å²) in [6.07, 6.45) is -3.60. The lowest BCUT2D eigenvalue weighted by Crippen LogP contribution is -2.03. The number of carbonyl (C=O) groups excluding carboxylic acids is 1. The van der Waals surface area contributed by atoms with Crippen molar-refractivity contribution in [2.45, 2.75) is 13.1 Å². The second-order valence-electron chi connectivity index (χ2n) is 4.06. The molecule has 20 heavy (non-hydrogen) atoms. The number of alkyl halides is 3. The maximum absolute atomic E-state index is 12.5. The number of ether oxygens (including phenoxy) is 1. The number of benzene rings is 1. The minimum Gasteiger partial charge on any atom is -0.496 e. The number of rotatable bonds is 3. The summed E-state index contributed by atoms with van der Waals surface area (Å²) >= 11 is 0.325. The molecule has 0 spiro atoms. The standard InChI is InChI=1S/C13H10F3NO2S/c1-7-3-4-8(9(5-7)19-2)11(18)10-6-17-12(20-10)13(14,15)16/h3-6H,1-2H3.